The van der Waals surface area contributed by atoms with Crippen LogP contribution in [0.15, 0.2) is 54.6 Å². The summed E-state index contributed by atoms with van der Waals surface area (Å²) >= 11 is 0. The van der Waals surface area contributed by atoms with Crippen LogP contribution in [0.2, 0.25) is 0 Å². The molecule has 1 aliphatic rings. The lowest BCUT2D eigenvalue weighted by Crippen LogP contribution is -2.54. The molecule has 0 saturated carbocycles. The molecule has 0 spiro atoms. The number of nitrogens with one attached hydrogen (secondary N) is 3. The standard InChI is InChI=1S/C27H27F2N5O2/c1-15-13-34(14-16(2)30-15)19-7-4-17(5-8-19)27(35)31-26-20-9-6-18(12-22(20)32-33-26)24-21(28)10-11-23(36-3)25(24)29/h4-12,15-16,30H,13-14H2,1-3H3,(H2,31,32,33,35)/t15-,16+. The van der Waals surface area contributed by atoms with Crippen molar-refractivity contribution in [1.82, 2.24) is 15.5 Å². The number of H-pyrrole nitrogens is 1. The van der Waals surface area contributed by atoms with Crippen LogP contribution in [0.4, 0.5) is 20.3 Å². The molecule has 2 heterocycles. The third-order valence-corrected chi connectivity index (χ3v) is 6.41. The predicted molar refractivity (Wildman–Crippen MR) is 137 cm³/mol. The molecule has 0 radical (unpaired) electrons. The van der Waals surface area contributed by atoms with E-state index in [1.54, 1.807) is 30.3 Å². The van der Waals surface area contributed by atoms with Crippen LogP contribution < -0.4 is 20.3 Å². The molecule has 5 rings (SSSR count). The number of aromatic nitrogens is 2. The van der Waals surface area contributed by atoms with Gasteiger partial charge >= 0.3 is 0 Å². The summed E-state index contributed by atoms with van der Waals surface area (Å²) in [5.41, 5.74) is 2.24. The minimum absolute atomic E-state index is 0.0453. The Hall–Kier alpha value is -3.98. The van der Waals surface area contributed by atoms with E-state index < -0.39 is 11.6 Å². The minimum atomic E-state index is -0.780. The second kappa shape index (κ2) is 9.58. The molecule has 3 N–H and O–H groups in total. The number of anilines is 2. The van der Waals surface area contributed by atoms with Crippen molar-refractivity contribution >= 4 is 28.3 Å². The zero-order valence-electron chi connectivity index (χ0n) is 20.2. The van der Waals surface area contributed by atoms with Gasteiger partial charge in [0.25, 0.3) is 5.91 Å². The second-order valence-corrected chi connectivity index (χ2v) is 9.15. The molecule has 3 aromatic carbocycles. The summed E-state index contributed by atoms with van der Waals surface area (Å²) in [6.07, 6.45) is 0. The highest BCUT2D eigenvalue weighted by Gasteiger charge is 2.22. The summed E-state index contributed by atoms with van der Waals surface area (Å²) in [5, 5.41) is 14.0. The topological polar surface area (TPSA) is 82.3 Å². The molecule has 1 aliphatic heterocycles. The first-order chi connectivity index (χ1) is 17.3. The number of benzene rings is 3. The molecule has 36 heavy (non-hydrogen) atoms. The normalized spacial score (nSPS) is 17.9. The average Bonchev–Trinajstić information content (AvgIpc) is 3.25. The van der Waals surface area contributed by atoms with Gasteiger partial charge in [-0.3, -0.25) is 9.89 Å². The Morgan fingerprint density at radius 2 is 1.78 bits per heavy atom. The van der Waals surface area contributed by atoms with Crippen LogP contribution in [0.1, 0.15) is 24.2 Å². The maximum atomic E-state index is 14.7. The van der Waals surface area contributed by atoms with E-state index in [2.05, 4.69) is 39.6 Å². The number of hydrogen-bond acceptors (Lipinski definition) is 5. The van der Waals surface area contributed by atoms with E-state index in [0.29, 0.717) is 39.9 Å². The monoisotopic (exact) mass is 491 g/mol. The van der Waals surface area contributed by atoms with Crippen molar-refractivity contribution in [3.8, 4) is 16.9 Å². The number of ether oxygens (including phenoxy) is 1. The lowest BCUT2D eigenvalue weighted by molar-refractivity contribution is 0.102. The van der Waals surface area contributed by atoms with Crippen molar-refractivity contribution in [3.05, 3.63) is 71.8 Å². The van der Waals surface area contributed by atoms with Crippen molar-refractivity contribution in [3.63, 3.8) is 0 Å². The second-order valence-electron chi connectivity index (χ2n) is 9.15. The maximum Gasteiger partial charge on any atom is 0.256 e. The number of carbonyl (C=O) groups excluding carboxylic acids is 1. The molecular weight excluding hydrogens is 464 g/mol. The Labute approximate surface area is 207 Å². The molecule has 0 bridgehead atoms. The van der Waals surface area contributed by atoms with Gasteiger partial charge < -0.3 is 20.3 Å². The number of aromatic amines is 1. The molecule has 0 unspecified atom stereocenters. The highest BCUT2D eigenvalue weighted by molar-refractivity contribution is 6.08. The zero-order chi connectivity index (χ0) is 25.4. The van der Waals surface area contributed by atoms with Gasteiger partial charge in [0.15, 0.2) is 17.4 Å². The molecule has 1 fully saturated rings. The van der Waals surface area contributed by atoms with Crippen LogP contribution in [0.25, 0.3) is 22.0 Å². The molecular formula is C27H27F2N5O2. The molecule has 4 aromatic rings. The van der Waals surface area contributed by atoms with Gasteiger partial charge in [0.2, 0.25) is 0 Å². The van der Waals surface area contributed by atoms with Crippen molar-refractivity contribution in [2.45, 2.75) is 25.9 Å². The fourth-order valence-corrected chi connectivity index (χ4v) is 4.77. The Bertz CT molecular complexity index is 1410. The lowest BCUT2D eigenvalue weighted by Gasteiger charge is -2.37. The van der Waals surface area contributed by atoms with Crippen molar-refractivity contribution in [2.75, 3.05) is 30.4 Å². The minimum Gasteiger partial charge on any atom is -0.494 e. The lowest BCUT2D eigenvalue weighted by atomic mass is 10.0. The van der Waals surface area contributed by atoms with Crippen molar-refractivity contribution < 1.29 is 18.3 Å². The van der Waals surface area contributed by atoms with Gasteiger partial charge in [-0.1, -0.05) is 6.07 Å². The van der Waals surface area contributed by atoms with Crippen LogP contribution >= 0.6 is 0 Å². The van der Waals surface area contributed by atoms with Crippen LogP contribution in [0.5, 0.6) is 5.75 Å². The number of methoxy groups -OCH3 is 1. The van der Waals surface area contributed by atoms with Gasteiger partial charge in [0.05, 0.1) is 18.2 Å². The van der Waals surface area contributed by atoms with E-state index in [9.17, 15) is 13.6 Å². The molecule has 7 nitrogen and oxygen atoms in total. The van der Waals surface area contributed by atoms with Gasteiger partial charge in [-0.25, -0.2) is 8.78 Å². The predicted octanol–water partition coefficient (Wildman–Crippen LogP) is 4.96. The summed E-state index contributed by atoms with van der Waals surface area (Å²) in [4.78, 5) is 15.2. The number of nitrogens with zero attached hydrogens (tertiary/aromatic N) is 2. The van der Waals surface area contributed by atoms with E-state index >= 15 is 0 Å². The first-order valence-corrected chi connectivity index (χ1v) is 11.8. The summed E-state index contributed by atoms with van der Waals surface area (Å²) in [7, 11) is 1.33. The SMILES string of the molecule is COc1ccc(F)c(-c2ccc3c(NC(=O)c4ccc(N5C[C@@H](C)N[C@@H](C)C5)cc4)n[nH]c3c2)c1F. The van der Waals surface area contributed by atoms with E-state index in [4.69, 9.17) is 4.74 Å². The number of amides is 1. The number of rotatable bonds is 5. The van der Waals surface area contributed by atoms with Gasteiger partial charge in [-0.15, -0.1) is 0 Å². The highest BCUT2D eigenvalue weighted by Crippen LogP contribution is 2.34. The van der Waals surface area contributed by atoms with Crippen LogP contribution in [0.3, 0.4) is 0 Å². The molecule has 1 amide bonds. The molecule has 186 valence electrons. The van der Waals surface area contributed by atoms with E-state index in [1.165, 1.54) is 13.2 Å². The third-order valence-electron chi connectivity index (χ3n) is 6.41. The van der Waals surface area contributed by atoms with Gasteiger partial charge in [0.1, 0.15) is 5.82 Å². The van der Waals surface area contributed by atoms with Crippen LogP contribution in [-0.2, 0) is 0 Å². The summed E-state index contributed by atoms with van der Waals surface area (Å²) < 4.78 is 34.1. The highest BCUT2D eigenvalue weighted by atomic mass is 19.1. The number of carbonyl (C=O) groups is 1. The Kier molecular flexibility index (Phi) is 6.32. The Morgan fingerprint density at radius 3 is 2.47 bits per heavy atom. The molecule has 9 heteroatoms. The average molecular weight is 492 g/mol. The number of halogens is 2. The number of hydrogen-bond donors (Lipinski definition) is 3. The Balaban J connectivity index is 1.35. The zero-order valence-corrected chi connectivity index (χ0v) is 20.2. The first-order valence-electron chi connectivity index (χ1n) is 11.8. The third kappa shape index (κ3) is 4.49. The molecule has 0 aliphatic carbocycles. The first kappa shape index (κ1) is 23.7. The van der Waals surface area contributed by atoms with E-state index in [0.717, 1.165) is 24.8 Å². The molecule has 1 saturated heterocycles. The molecule has 1 aromatic heterocycles. The van der Waals surface area contributed by atoms with Crippen molar-refractivity contribution in [1.29, 1.82) is 0 Å². The number of fused-ring (bicyclic) bond motifs is 1. The van der Waals surface area contributed by atoms with E-state index in [1.807, 2.05) is 12.1 Å². The fourth-order valence-electron chi connectivity index (χ4n) is 4.77. The van der Waals surface area contributed by atoms with Gasteiger partial charge in [0, 0.05) is 41.8 Å². The van der Waals surface area contributed by atoms with E-state index in [-0.39, 0.29) is 17.2 Å². The van der Waals surface area contributed by atoms with Crippen molar-refractivity contribution in [2.24, 2.45) is 0 Å². The number of piperazine rings is 1. The largest absolute Gasteiger partial charge is 0.494 e. The van der Waals surface area contributed by atoms with Gasteiger partial charge in [-0.2, -0.15) is 5.10 Å². The smallest absolute Gasteiger partial charge is 0.256 e. The molecule has 2 atom stereocenters. The quantitative estimate of drug-likeness (QED) is 0.368. The van der Waals surface area contributed by atoms with Crippen LogP contribution in [0, 0.1) is 11.6 Å². The summed E-state index contributed by atoms with van der Waals surface area (Å²) in [6.45, 7) is 6.12. The maximum absolute atomic E-state index is 14.7. The van der Waals surface area contributed by atoms with Gasteiger partial charge in [-0.05, 0) is 67.9 Å². The Morgan fingerprint density at radius 1 is 1.06 bits per heavy atom. The summed E-state index contributed by atoms with van der Waals surface area (Å²) in [5.74, 6) is -1.49. The van der Waals surface area contributed by atoms with Crippen LogP contribution in [-0.4, -0.2) is 48.4 Å². The summed E-state index contributed by atoms with van der Waals surface area (Å²) in [6, 6.07) is 15.5. The fraction of sp³-hybridized carbons (Fsp3) is 0.259.